The van der Waals surface area contributed by atoms with E-state index in [1.165, 1.54) is 0 Å². The molecule has 0 unspecified atom stereocenters. The maximum Gasteiger partial charge on any atom is 0.166 e. The third kappa shape index (κ3) is 2.70. The second-order valence-corrected chi connectivity index (χ2v) is 5.70. The molecule has 4 heteroatoms. The number of hydrogen-bond donors (Lipinski definition) is 0. The molecule has 0 N–H and O–H groups in total. The molecule has 0 spiro atoms. The van der Waals surface area contributed by atoms with E-state index in [0.717, 1.165) is 19.1 Å². The van der Waals surface area contributed by atoms with Crippen LogP contribution in [0.1, 0.15) is 39.5 Å². The van der Waals surface area contributed by atoms with Crippen molar-refractivity contribution in [2.24, 2.45) is 0 Å². The highest BCUT2D eigenvalue weighted by atomic mass is 32.2. The predicted molar refractivity (Wildman–Crippen MR) is 53.0 cm³/mol. The average Bonchev–Trinajstić information content (AvgIpc) is 2.02. The van der Waals surface area contributed by atoms with Gasteiger partial charge in [0.25, 0.3) is 0 Å². The largest absolute Gasteiger partial charge is 0.227 e. The second-order valence-electron chi connectivity index (χ2n) is 3.38. The van der Waals surface area contributed by atoms with E-state index in [9.17, 15) is 8.42 Å². The van der Waals surface area contributed by atoms with E-state index in [1.54, 1.807) is 0 Å². The first-order valence-corrected chi connectivity index (χ1v) is 6.43. The first-order chi connectivity index (χ1) is 5.93. The van der Waals surface area contributed by atoms with Crippen LogP contribution in [0.5, 0.6) is 0 Å². The van der Waals surface area contributed by atoms with E-state index in [4.69, 9.17) is 5.26 Å². The highest BCUT2D eigenvalue weighted by molar-refractivity contribution is 7.92. The van der Waals surface area contributed by atoms with Crippen molar-refractivity contribution < 1.29 is 8.42 Å². The molecular formula is C9H17NO2S. The SMILES string of the molecule is CCCC(C#N)(CCC)S(C)(=O)=O. The first kappa shape index (κ1) is 12.4. The number of nitriles is 1. The summed E-state index contributed by atoms with van der Waals surface area (Å²) in [6.45, 7) is 3.79. The third-order valence-corrected chi connectivity index (χ3v) is 4.14. The summed E-state index contributed by atoms with van der Waals surface area (Å²) in [5.41, 5.74) is 0. The number of sulfone groups is 1. The molecular weight excluding hydrogens is 186 g/mol. The summed E-state index contributed by atoms with van der Waals surface area (Å²) < 4.78 is 21.7. The van der Waals surface area contributed by atoms with E-state index in [2.05, 4.69) is 0 Å². The van der Waals surface area contributed by atoms with Gasteiger partial charge in [-0.1, -0.05) is 26.7 Å². The van der Waals surface area contributed by atoms with Gasteiger partial charge in [0.1, 0.15) is 0 Å². The molecule has 0 aromatic carbocycles. The Hall–Kier alpha value is -0.560. The zero-order chi connectivity index (χ0) is 10.5. The van der Waals surface area contributed by atoms with Gasteiger partial charge in [0.15, 0.2) is 14.6 Å². The van der Waals surface area contributed by atoms with Gasteiger partial charge in [0.2, 0.25) is 0 Å². The van der Waals surface area contributed by atoms with Crippen LogP contribution in [0, 0.1) is 11.3 Å². The van der Waals surface area contributed by atoms with Gasteiger partial charge in [-0.25, -0.2) is 8.42 Å². The van der Waals surface area contributed by atoms with Crippen molar-refractivity contribution in [3.05, 3.63) is 0 Å². The van der Waals surface area contributed by atoms with E-state index >= 15 is 0 Å². The van der Waals surface area contributed by atoms with Crippen LogP contribution in [-0.2, 0) is 9.84 Å². The highest BCUT2D eigenvalue weighted by Crippen LogP contribution is 2.27. The Bertz CT molecular complexity index is 281. The lowest BCUT2D eigenvalue weighted by molar-refractivity contribution is 0.513. The molecule has 0 amide bonds. The number of rotatable bonds is 5. The fourth-order valence-electron chi connectivity index (χ4n) is 1.50. The summed E-state index contributed by atoms with van der Waals surface area (Å²) in [5, 5.41) is 8.95. The first-order valence-electron chi connectivity index (χ1n) is 4.54. The molecule has 13 heavy (non-hydrogen) atoms. The fraction of sp³-hybridized carbons (Fsp3) is 0.889. The Morgan fingerprint density at radius 3 is 1.77 bits per heavy atom. The summed E-state index contributed by atoms with van der Waals surface area (Å²) in [6, 6.07) is 1.97. The van der Waals surface area contributed by atoms with Crippen molar-refractivity contribution in [3.63, 3.8) is 0 Å². The Labute approximate surface area is 80.7 Å². The van der Waals surface area contributed by atoms with E-state index in [0.29, 0.717) is 12.8 Å². The molecule has 76 valence electrons. The zero-order valence-corrected chi connectivity index (χ0v) is 9.32. The van der Waals surface area contributed by atoms with Gasteiger partial charge in [-0.3, -0.25) is 0 Å². The van der Waals surface area contributed by atoms with Gasteiger partial charge < -0.3 is 0 Å². The van der Waals surface area contributed by atoms with E-state index < -0.39 is 14.6 Å². The lowest BCUT2D eigenvalue weighted by atomic mass is 9.99. The van der Waals surface area contributed by atoms with Crippen molar-refractivity contribution in [3.8, 4) is 6.07 Å². The fourth-order valence-corrected chi connectivity index (χ4v) is 2.81. The maximum atomic E-state index is 11.4. The monoisotopic (exact) mass is 203 g/mol. The minimum absolute atomic E-state index is 0.441. The van der Waals surface area contributed by atoms with Crippen molar-refractivity contribution in [1.82, 2.24) is 0 Å². The average molecular weight is 203 g/mol. The smallest absolute Gasteiger partial charge is 0.166 e. The molecule has 0 atom stereocenters. The molecule has 0 radical (unpaired) electrons. The molecule has 0 aromatic rings. The van der Waals surface area contributed by atoms with Crippen LogP contribution >= 0.6 is 0 Å². The molecule has 0 fully saturated rings. The molecule has 0 aromatic heterocycles. The van der Waals surface area contributed by atoms with Crippen LogP contribution in [0.25, 0.3) is 0 Å². The second kappa shape index (κ2) is 4.61. The topological polar surface area (TPSA) is 57.9 Å². The predicted octanol–water partition coefficient (Wildman–Crippen LogP) is 1.89. The van der Waals surface area contributed by atoms with Gasteiger partial charge >= 0.3 is 0 Å². The van der Waals surface area contributed by atoms with Crippen LogP contribution in [0.3, 0.4) is 0 Å². The molecule has 0 aliphatic carbocycles. The lowest BCUT2D eigenvalue weighted by Gasteiger charge is -2.23. The molecule has 0 saturated heterocycles. The summed E-state index contributed by atoms with van der Waals surface area (Å²) in [4.78, 5) is 0. The normalized spacial score (nSPS) is 12.5. The summed E-state index contributed by atoms with van der Waals surface area (Å²) in [5.74, 6) is 0. The summed E-state index contributed by atoms with van der Waals surface area (Å²) in [6.07, 6.45) is 3.48. The summed E-state index contributed by atoms with van der Waals surface area (Å²) >= 11 is 0. The number of nitrogens with zero attached hydrogens (tertiary/aromatic N) is 1. The van der Waals surface area contributed by atoms with Crippen LogP contribution in [0.15, 0.2) is 0 Å². The van der Waals surface area contributed by atoms with Gasteiger partial charge in [0, 0.05) is 6.26 Å². The van der Waals surface area contributed by atoms with Crippen molar-refractivity contribution in [1.29, 1.82) is 5.26 Å². The Morgan fingerprint density at radius 1 is 1.23 bits per heavy atom. The summed E-state index contributed by atoms with van der Waals surface area (Å²) in [7, 11) is -3.26. The Balaban J connectivity index is 5.02. The van der Waals surface area contributed by atoms with Crippen LogP contribution in [0.2, 0.25) is 0 Å². The Morgan fingerprint density at radius 2 is 1.62 bits per heavy atom. The van der Waals surface area contributed by atoms with Crippen LogP contribution < -0.4 is 0 Å². The van der Waals surface area contributed by atoms with Gasteiger partial charge in [-0.05, 0) is 12.8 Å². The molecule has 0 rings (SSSR count). The van der Waals surface area contributed by atoms with Crippen LogP contribution in [0.4, 0.5) is 0 Å². The molecule has 3 nitrogen and oxygen atoms in total. The van der Waals surface area contributed by atoms with Crippen LogP contribution in [-0.4, -0.2) is 19.4 Å². The lowest BCUT2D eigenvalue weighted by Crippen LogP contribution is -2.36. The van der Waals surface area contributed by atoms with Crippen molar-refractivity contribution in [2.75, 3.05) is 6.26 Å². The minimum atomic E-state index is -3.26. The van der Waals surface area contributed by atoms with E-state index in [-0.39, 0.29) is 0 Å². The third-order valence-electron chi connectivity index (χ3n) is 2.22. The van der Waals surface area contributed by atoms with Gasteiger partial charge in [-0.15, -0.1) is 0 Å². The van der Waals surface area contributed by atoms with Crippen molar-refractivity contribution in [2.45, 2.75) is 44.3 Å². The van der Waals surface area contributed by atoms with Gasteiger partial charge in [0.05, 0.1) is 6.07 Å². The number of hydrogen-bond acceptors (Lipinski definition) is 3. The maximum absolute atomic E-state index is 11.4. The minimum Gasteiger partial charge on any atom is -0.227 e. The Kier molecular flexibility index (Phi) is 4.41. The molecule has 0 saturated carbocycles. The zero-order valence-electron chi connectivity index (χ0n) is 8.50. The molecule has 0 bridgehead atoms. The molecule has 0 aliphatic heterocycles. The van der Waals surface area contributed by atoms with Crippen molar-refractivity contribution >= 4 is 9.84 Å². The highest BCUT2D eigenvalue weighted by Gasteiger charge is 2.39. The van der Waals surface area contributed by atoms with E-state index in [1.807, 2.05) is 19.9 Å². The molecule has 0 heterocycles. The molecule has 0 aliphatic rings. The van der Waals surface area contributed by atoms with Gasteiger partial charge in [-0.2, -0.15) is 5.26 Å². The quantitative estimate of drug-likeness (QED) is 0.685. The standard InChI is InChI=1S/C9H17NO2S/c1-4-6-9(8-10,7-5-2)13(3,11)12/h4-7H2,1-3H3.